The van der Waals surface area contributed by atoms with Crippen LogP contribution in [0, 0.1) is 12.7 Å². The fraction of sp³-hybridized carbons (Fsp3) is 0.143. The molecular formula is C14H11ClFN3O. The van der Waals surface area contributed by atoms with Crippen molar-refractivity contribution in [1.29, 1.82) is 0 Å². The zero-order valence-corrected chi connectivity index (χ0v) is 11.4. The van der Waals surface area contributed by atoms with Crippen LogP contribution in [0.4, 0.5) is 4.39 Å². The van der Waals surface area contributed by atoms with Crippen molar-refractivity contribution in [2.45, 2.75) is 13.5 Å². The number of hydrogen-bond acceptors (Lipinski definition) is 3. The lowest BCUT2D eigenvalue weighted by atomic mass is 10.2. The van der Waals surface area contributed by atoms with E-state index in [4.69, 9.17) is 16.1 Å². The molecule has 0 amide bonds. The van der Waals surface area contributed by atoms with Crippen molar-refractivity contribution < 1.29 is 8.91 Å². The minimum absolute atomic E-state index is 0.348. The number of aryl methyl sites for hydroxylation is 1. The smallest absolute Gasteiger partial charge is 0.274 e. The SMILES string of the molecule is Cc1noc(-c2cccn2Cc2ccc(F)cc2Cl)n1. The van der Waals surface area contributed by atoms with E-state index in [1.165, 1.54) is 12.1 Å². The summed E-state index contributed by atoms with van der Waals surface area (Å²) in [5.74, 6) is 0.678. The predicted molar refractivity (Wildman–Crippen MR) is 73.0 cm³/mol. The van der Waals surface area contributed by atoms with Crippen molar-refractivity contribution in [1.82, 2.24) is 14.7 Å². The van der Waals surface area contributed by atoms with Gasteiger partial charge >= 0.3 is 0 Å². The van der Waals surface area contributed by atoms with Crippen molar-refractivity contribution >= 4 is 11.6 Å². The quantitative estimate of drug-likeness (QED) is 0.739. The Morgan fingerprint density at radius 3 is 2.90 bits per heavy atom. The second-order valence-electron chi connectivity index (χ2n) is 4.40. The van der Waals surface area contributed by atoms with E-state index < -0.39 is 0 Å². The highest BCUT2D eigenvalue weighted by Crippen LogP contribution is 2.23. The van der Waals surface area contributed by atoms with Crippen LogP contribution in [0.5, 0.6) is 0 Å². The highest BCUT2D eigenvalue weighted by atomic mass is 35.5. The van der Waals surface area contributed by atoms with E-state index in [1.807, 2.05) is 22.9 Å². The van der Waals surface area contributed by atoms with Gasteiger partial charge in [0.2, 0.25) is 0 Å². The van der Waals surface area contributed by atoms with Crippen LogP contribution in [0.3, 0.4) is 0 Å². The molecule has 102 valence electrons. The van der Waals surface area contributed by atoms with Gasteiger partial charge in [0, 0.05) is 17.8 Å². The van der Waals surface area contributed by atoms with E-state index in [0.29, 0.717) is 23.3 Å². The maximum atomic E-state index is 13.0. The number of aromatic nitrogens is 3. The molecule has 0 spiro atoms. The third-order valence-corrected chi connectivity index (χ3v) is 3.28. The number of halogens is 2. The van der Waals surface area contributed by atoms with Crippen LogP contribution in [0.15, 0.2) is 41.1 Å². The predicted octanol–water partition coefficient (Wildman–Crippen LogP) is 3.69. The third kappa shape index (κ3) is 2.44. The number of rotatable bonds is 3. The molecule has 4 nitrogen and oxygen atoms in total. The molecule has 0 unspecified atom stereocenters. The summed E-state index contributed by atoms with van der Waals surface area (Å²) in [5, 5.41) is 4.17. The summed E-state index contributed by atoms with van der Waals surface area (Å²) >= 11 is 6.04. The normalized spacial score (nSPS) is 10.9. The maximum absolute atomic E-state index is 13.0. The lowest BCUT2D eigenvalue weighted by Crippen LogP contribution is -2.01. The molecule has 0 saturated heterocycles. The van der Waals surface area contributed by atoms with Crippen LogP contribution < -0.4 is 0 Å². The average Bonchev–Trinajstić information content (AvgIpc) is 3.01. The molecule has 1 aromatic carbocycles. The van der Waals surface area contributed by atoms with Gasteiger partial charge in [-0.2, -0.15) is 4.98 Å². The summed E-state index contributed by atoms with van der Waals surface area (Å²) in [6.45, 7) is 2.26. The molecule has 0 saturated carbocycles. The van der Waals surface area contributed by atoms with E-state index in [9.17, 15) is 4.39 Å². The van der Waals surface area contributed by atoms with Crippen LogP contribution in [0.2, 0.25) is 5.02 Å². The number of nitrogens with zero attached hydrogens (tertiary/aromatic N) is 3. The summed E-state index contributed by atoms with van der Waals surface area (Å²) in [5.41, 5.74) is 1.62. The lowest BCUT2D eigenvalue weighted by Gasteiger charge is -2.08. The maximum Gasteiger partial charge on any atom is 0.274 e. The van der Waals surface area contributed by atoms with E-state index in [0.717, 1.165) is 11.3 Å². The van der Waals surface area contributed by atoms with Gasteiger partial charge in [-0.3, -0.25) is 0 Å². The van der Waals surface area contributed by atoms with Crippen molar-refractivity contribution in [3.63, 3.8) is 0 Å². The van der Waals surface area contributed by atoms with Gasteiger partial charge in [0.25, 0.3) is 5.89 Å². The third-order valence-electron chi connectivity index (χ3n) is 2.93. The molecule has 0 atom stereocenters. The molecule has 0 aliphatic heterocycles. The Balaban J connectivity index is 1.94. The lowest BCUT2D eigenvalue weighted by molar-refractivity contribution is 0.422. The summed E-state index contributed by atoms with van der Waals surface area (Å²) in [6, 6.07) is 8.12. The Morgan fingerprint density at radius 2 is 2.20 bits per heavy atom. The highest BCUT2D eigenvalue weighted by Gasteiger charge is 2.12. The first kappa shape index (κ1) is 12.9. The molecule has 0 aliphatic carbocycles. The zero-order chi connectivity index (χ0) is 14.1. The molecule has 3 aromatic rings. The molecule has 6 heteroatoms. The molecule has 0 aliphatic rings. The first-order valence-corrected chi connectivity index (χ1v) is 6.41. The minimum atomic E-state index is -0.348. The van der Waals surface area contributed by atoms with Gasteiger partial charge in [-0.1, -0.05) is 22.8 Å². The van der Waals surface area contributed by atoms with Crippen molar-refractivity contribution in [3.05, 3.63) is 58.8 Å². The standard InChI is InChI=1S/C14H11ClFN3O/c1-9-17-14(20-18-9)13-3-2-6-19(13)8-10-4-5-11(16)7-12(10)15/h2-7H,8H2,1H3. The molecular weight excluding hydrogens is 281 g/mol. The van der Waals surface area contributed by atoms with Crippen molar-refractivity contribution in [2.75, 3.05) is 0 Å². The van der Waals surface area contributed by atoms with Gasteiger partial charge in [-0.25, -0.2) is 4.39 Å². The molecule has 0 fully saturated rings. The number of benzene rings is 1. The van der Waals surface area contributed by atoms with Crippen LogP contribution >= 0.6 is 11.6 Å². The van der Waals surface area contributed by atoms with Gasteiger partial charge in [-0.05, 0) is 36.8 Å². The Bertz CT molecular complexity index is 750. The van der Waals surface area contributed by atoms with Gasteiger partial charge in [0.1, 0.15) is 11.5 Å². The first-order valence-electron chi connectivity index (χ1n) is 6.03. The van der Waals surface area contributed by atoms with Gasteiger partial charge < -0.3 is 9.09 Å². The van der Waals surface area contributed by atoms with Gasteiger partial charge in [-0.15, -0.1) is 0 Å². The molecule has 0 radical (unpaired) electrons. The summed E-state index contributed by atoms with van der Waals surface area (Å²) < 4.78 is 20.1. The second-order valence-corrected chi connectivity index (χ2v) is 4.81. The van der Waals surface area contributed by atoms with Crippen LogP contribution in [-0.2, 0) is 6.54 Å². The van der Waals surface area contributed by atoms with Crippen LogP contribution in [0.1, 0.15) is 11.4 Å². The largest absolute Gasteiger partial charge is 0.339 e. The highest BCUT2D eigenvalue weighted by molar-refractivity contribution is 6.31. The number of hydrogen-bond donors (Lipinski definition) is 0. The fourth-order valence-corrected chi connectivity index (χ4v) is 2.21. The van der Waals surface area contributed by atoms with E-state index in [1.54, 1.807) is 13.0 Å². The first-order chi connectivity index (χ1) is 9.63. The van der Waals surface area contributed by atoms with E-state index in [-0.39, 0.29) is 5.82 Å². The summed E-state index contributed by atoms with van der Waals surface area (Å²) in [7, 11) is 0. The van der Waals surface area contributed by atoms with E-state index in [2.05, 4.69) is 10.1 Å². The minimum Gasteiger partial charge on any atom is -0.339 e. The molecule has 0 N–H and O–H groups in total. The summed E-state index contributed by atoms with van der Waals surface area (Å²) in [6.07, 6.45) is 1.88. The Morgan fingerprint density at radius 1 is 1.35 bits per heavy atom. The summed E-state index contributed by atoms with van der Waals surface area (Å²) in [4.78, 5) is 4.20. The Kier molecular flexibility index (Phi) is 3.28. The fourth-order valence-electron chi connectivity index (χ4n) is 1.98. The van der Waals surface area contributed by atoms with Gasteiger partial charge in [0.05, 0.1) is 0 Å². The molecule has 2 aromatic heterocycles. The van der Waals surface area contributed by atoms with Crippen LogP contribution in [0.25, 0.3) is 11.6 Å². The van der Waals surface area contributed by atoms with Crippen LogP contribution in [-0.4, -0.2) is 14.7 Å². The molecule has 3 rings (SSSR count). The van der Waals surface area contributed by atoms with Gasteiger partial charge in [0.15, 0.2) is 5.82 Å². The van der Waals surface area contributed by atoms with Crippen molar-refractivity contribution in [2.24, 2.45) is 0 Å². The second kappa shape index (κ2) is 5.09. The topological polar surface area (TPSA) is 43.9 Å². The molecule has 20 heavy (non-hydrogen) atoms. The Labute approximate surface area is 119 Å². The molecule has 2 heterocycles. The molecule has 0 bridgehead atoms. The van der Waals surface area contributed by atoms with Crippen molar-refractivity contribution in [3.8, 4) is 11.6 Å². The average molecular weight is 292 g/mol. The Hall–Kier alpha value is -2.14. The zero-order valence-electron chi connectivity index (χ0n) is 10.7. The van der Waals surface area contributed by atoms with E-state index >= 15 is 0 Å². The monoisotopic (exact) mass is 291 g/mol.